The standard InChI is InChI=1S/C16H24N2OS/c1-20-14-9-7-13(8-10-14)18-16(19)11-6-12-4-2-3-5-15(12)17/h2-5,13-14H,6-11,17H2,1H3,(H,18,19). The molecule has 3 N–H and O–H groups in total. The van der Waals surface area contributed by atoms with E-state index >= 15 is 0 Å². The van der Waals surface area contributed by atoms with Crippen molar-refractivity contribution in [1.29, 1.82) is 0 Å². The third kappa shape index (κ3) is 4.44. The van der Waals surface area contributed by atoms with Crippen molar-refractivity contribution in [3.63, 3.8) is 0 Å². The highest BCUT2D eigenvalue weighted by atomic mass is 32.2. The molecular weight excluding hydrogens is 268 g/mol. The number of nitrogen functional groups attached to an aromatic ring is 1. The summed E-state index contributed by atoms with van der Waals surface area (Å²) in [5.74, 6) is 0.154. The number of carbonyl (C=O) groups excluding carboxylic acids is 1. The highest BCUT2D eigenvalue weighted by Crippen LogP contribution is 2.26. The van der Waals surface area contributed by atoms with Crippen LogP contribution in [0.15, 0.2) is 24.3 Å². The molecule has 1 aromatic carbocycles. The molecule has 0 atom stereocenters. The van der Waals surface area contributed by atoms with Crippen LogP contribution in [-0.4, -0.2) is 23.5 Å². The number of amides is 1. The van der Waals surface area contributed by atoms with Crippen LogP contribution in [0.2, 0.25) is 0 Å². The van der Waals surface area contributed by atoms with Crippen molar-refractivity contribution in [3.8, 4) is 0 Å². The summed E-state index contributed by atoms with van der Waals surface area (Å²) in [7, 11) is 0. The summed E-state index contributed by atoms with van der Waals surface area (Å²) in [4.78, 5) is 12.0. The lowest BCUT2D eigenvalue weighted by Gasteiger charge is -2.28. The second kappa shape index (κ2) is 7.58. The molecule has 1 amide bonds. The minimum absolute atomic E-state index is 0.154. The van der Waals surface area contributed by atoms with E-state index in [1.807, 2.05) is 36.0 Å². The number of hydrogen-bond donors (Lipinski definition) is 2. The minimum atomic E-state index is 0.154. The van der Waals surface area contributed by atoms with E-state index in [9.17, 15) is 4.79 Å². The minimum Gasteiger partial charge on any atom is -0.399 e. The molecule has 1 saturated carbocycles. The van der Waals surface area contributed by atoms with Crippen molar-refractivity contribution in [2.24, 2.45) is 0 Å². The molecule has 3 nitrogen and oxygen atoms in total. The molecule has 0 aliphatic heterocycles. The third-order valence-electron chi connectivity index (χ3n) is 4.05. The van der Waals surface area contributed by atoms with E-state index in [0.717, 1.165) is 35.8 Å². The molecule has 0 spiro atoms. The zero-order valence-corrected chi connectivity index (χ0v) is 12.9. The Hall–Kier alpha value is -1.16. The zero-order chi connectivity index (χ0) is 14.4. The lowest BCUT2D eigenvalue weighted by Crippen LogP contribution is -2.38. The number of nitrogens with two attached hydrogens (primary N) is 1. The number of thioether (sulfide) groups is 1. The van der Waals surface area contributed by atoms with Gasteiger partial charge in [-0.15, -0.1) is 0 Å². The van der Waals surface area contributed by atoms with Crippen LogP contribution in [0.3, 0.4) is 0 Å². The van der Waals surface area contributed by atoms with E-state index in [-0.39, 0.29) is 5.91 Å². The van der Waals surface area contributed by atoms with E-state index < -0.39 is 0 Å². The monoisotopic (exact) mass is 292 g/mol. The van der Waals surface area contributed by atoms with E-state index in [4.69, 9.17) is 5.73 Å². The third-order valence-corrected chi connectivity index (χ3v) is 5.19. The fraction of sp³-hybridized carbons (Fsp3) is 0.562. The number of nitrogens with one attached hydrogen (secondary N) is 1. The van der Waals surface area contributed by atoms with Gasteiger partial charge in [-0.1, -0.05) is 18.2 Å². The van der Waals surface area contributed by atoms with E-state index in [0.29, 0.717) is 12.5 Å². The maximum atomic E-state index is 12.0. The summed E-state index contributed by atoms with van der Waals surface area (Å²) in [5, 5.41) is 3.95. The second-order valence-electron chi connectivity index (χ2n) is 5.48. The van der Waals surface area contributed by atoms with Gasteiger partial charge in [0.05, 0.1) is 0 Å². The smallest absolute Gasteiger partial charge is 0.220 e. The number of para-hydroxylation sites is 1. The molecule has 1 aliphatic carbocycles. The van der Waals surface area contributed by atoms with Crippen LogP contribution in [-0.2, 0) is 11.2 Å². The molecule has 110 valence electrons. The Bertz CT molecular complexity index is 442. The highest BCUT2D eigenvalue weighted by Gasteiger charge is 2.21. The quantitative estimate of drug-likeness (QED) is 0.820. The predicted molar refractivity (Wildman–Crippen MR) is 86.9 cm³/mol. The molecule has 1 aromatic rings. The van der Waals surface area contributed by atoms with E-state index in [1.165, 1.54) is 12.8 Å². The van der Waals surface area contributed by atoms with Gasteiger partial charge in [-0.05, 0) is 50.0 Å². The molecule has 0 saturated heterocycles. The molecule has 1 fully saturated rings. The van der Waals surface area contributed by atoms with Crippen LogP contribution in [0.4, 0.5) is 5.69 Å². The van der Waals surface area contributed by atoms with Gasteiger partial charge in [0, 0.05) is 23.4 Å². The number of hydrogen-bond acceptors (Lipinski definition) is 3. The number of anilines is 1. The predicted octanol–water partition coefficient (Wildman–Crippen LogP) is 2.99. The molecule has 20 heavy (non-hydrogen) atoms. The molecule has 4 heteroatoms. The summed E-state index contributed by atoms with van der Waals surface area (Å²) in [6, 6.07) is 8.14. The Kier molecular flexibility index (Phi) is 5.77. The fourth-order valence-corrected chi connectivity index (χ4v) is 3.50. The van der Waals surface area contributed by atoms with Gasteiger partial charge in [0.15, 0.2) is 0 Å². The van der Waals surface area contributed by atoms with Crippen molar-refractivity contribution in [2.45, 2.75) is 49.8 Å². The summed E-state index contributed by atoms with van der Waals surface area (Å²) in [6.45, 7) is 0. The lowest BCUT2D eigenvalue weighted by atomic mass is 9.94. The van der Waals surface area contributed by atoms with Crippen LogP contribution >= 0.6 is 11.8 Å². The molecule has 0 aromatic heterocycles. The van der Waals surface area contributed by atoms with Crippen molar-refractivity contribution in [1.82, 2.24) is 5.32 Å². The first-order chi connectivity index (χ1) is 9.69. The van der Waals surface area contributed by atoms with Gasteiger partial charge in [0.25, 0.3) is 0 Å². The van der Waals surface area contributed by atoms with Crippen LogP contribution in [0.5, 0.6) is 0 Å². The molecule has 0 heterocycles. The maximum Gasteiger partial charge on any atom is 0.220 e. The first kappa shape index (κ1) is 15.2. The lowest BCUT2D eigenvalue weighted by molar-refractivity contribution is -0.121. The summed E-state index contributed by atoms with van der Waals surface area (Å²) in [5.41, 5.74) is 7.73. The van der Waals surface area contributed by atoms with Crippen molar-refractivity contribution in [2.75, 3.05) is 12.0 Å². The fourth-order valence-electron chi connectivity index (χ4n) is 2.75. The zero-order valence-electron chi connectivity index (χ0n) is 12.1. The van der Waals surface area contributed by atoms with Gasteiger partial charge in [-0.2, -0.15) is 11.8 Å². The molecule has 0 radical (unpaired) electrons. The van der Waals surface area contributed by atoms with Crippen LogP contribution in [0, 0.1) is 0 Å². The number of rotatable bonds is 5. The van der Waals surface area contributed by atoms with Crippen molar-refractivity contribution < 1.29 is 4.79 Å². The van der Waals surface area contributed by atoms with Gasteiger partial charge in [-0.25, -0.2) is 0 Å². The molecule has 1 aliphatic rings. The Morgan fingerprint density at radius 1 is 1.30 bits per heavy atom. The van der Waals surface area contributed by atoms with E-state index in [2.05, 4.69) is 11.6 Å². The summed E-state index contributed by atoms with van der Waals surface area (Å²) >= 11 is 1.95. The van der Waals surface area contributed by atoms with Gasteiger partial charge < -0.3 is 11.1 Å². The highest BCUT2D eigenvalue weighted by molar-refractivity contribution is 7.99. The van der Waals surface area contributed by atoms with Crippen molar-refractivity contribution >= 4 is 23.4 Å². The van der Waals surface area contributed by atoms with Crippen LogP contribution in [0.25, 0.3) is 0 Å². The molecule has 0 bridgehead atoms. The summed E-state index contributed by atoms with van der Waals surface area (Å²) < 4.78 is 0. The van der Waals surface area contributed by atoms with Crippen LogP contribution < -0.4 is 11.1 Å². The van der Waals surface area contributed by atoms with Gasteiger partial charge >= 0.3 is 0 Å². The van der Waals surface area contributed by atoms with Gasteiger partial charge in [0.2, 0.25) is 5.91 Å². The first-order valence-corrected chi connectivity index (χ1v) is 8.63. The average molecular weight is 292 g/mol. The maximum absolute atomic E-state index is 12.0. The average Bonchev–Trinajstić information content (AvgIpc) is 2.47. The molecule has 2 rings (SSSR count). The number of aryl methyl sites for hydroxylation is 1. The van der Waals surface area contributed by atoms with E-state index in [1.54, 1.807) is 0 Å². The molecule has 0 unspecified atom stereocenters. The topological polar surface area (TPSA) is 55.1 Å². The van der Waals surface area contributed by atoms with Gasteiger partial charge in [-0.3, -0.25) is 4.79 Å². The largest absolute Gasteiger partial charge is 0.399 e. The summed E-state index contributed by atoms with van der Waals surface area (Å²) in [6.07, 6.45) is 8.09. The Labute approximate surface area is 125 Å². The molecular formula is C16H24N2OS. The second-order valence-corrected chi connectivity index (χ2v) is 6.61. The normalized spacial score (nSPS) is 22.4. The van der Waals surface area contributed by atoms with Crippen LogP contribution in [0.1, 0.15) is 37.7 Å². The Balaban J connectivity index is 1.72. The van der Waals surface area contributed by atoms with Gasteiger partial charge in [0.1, 0.15) is 0 Å². The number of carbonyl (C=O) groups is 1. The Morgan fingerprint density at radius 2 is 2.00 bits per heavy atom. The Morgan fingerprint density at radius 3 is 2.65 bits per heavy atom. The first-order valence-electron chi connectivity index (χ1n) is 7.34. The number of benzene rings is 1. The SMILES string of the molecule is CSC1CCC(NC(=O)CCc2ccccc2N)CC1. The van der Waals surface area contributed by atoms with Crippen molar-refractivity contribution in [3.05, 3.63) is 29.8 Å².